The summed E-state index contributed by atoms with van der Waals surface area (Å²) in [6.07, 6.45) is -3.51. The van der Waals surface area contributed by atoms with Gasteiger partial charge in [0.05, 0.1) is 63.1 Å². The van der Waals surface area contributed by atoms with Gasteiger partial charge in [0.1, 0.15) is 29.5 Å². The molecular formula is C47H64O13Si2. The van der Waals surface area contributed by atoms with Gasteiger partial charge in [-0.3, -0.25) is 9.59 Å². The fourth-order valence-electron chi connectivity index (χ4n) is 10.2. The van der Waals surface area contributed by atoms with Crippen molar-refractivity contribution in [3.63, 3.8) is 0 Å². The number of ketones is 2. The van der Waals surface area contributed by atoms with E-state index in [1.807, 2.05) is 37.3 Å². The Morgan fingerprint density at radius 1 is 0.871 bits per heavy atom. The Balaban J connectivity index is 1.41. The lowest BCUT2D eigenvalue weighted by Crippen LogP contribution is -2.64. The largest absolute Gasteiger partial charge is 0.510 e. The number of epoxide rings is 1. The minimum Gasteiger partial charge on any atom is -0.510 e. The molecule has 2 bridgehead atoms. The van der Waals surface area contributed by atoms with Gasteiger partial charge < -0.3 is 52.3 Å². The van der Waals surface area contributed by atoms with E-state index < -0.39 is 88.5 Å². The third kappa shape index (κ3) is 6.43. The smallest absolute Gasteiger partial charge is 0.471 e. The molecule has 1 aliphatic carbocycles. The van der Waals surface area contributed by atoms with Crippen LogP contribution in [-0.2, 0) is 41.4 Å². The molecule has 6 atom stereocenters. The second-order valence-electron chi connectivity index (χ2n) is 21.3. The second-order valence-corrected chi connectivity index (χ2v) is 30.7. The van der Waals surface area contributed by atoms with Crippen LogP contribution in [-0.4, -0.2) is 94.3 Å². The lowest BCUT2D eigenvalue weighted by Gasteiger charge is -2.52. The van der Waals surface area contributed by atoms with Crippen molar-refractivity contribution in [3.05, 3.63) is 63.7 Å². The first-order valence-corrected chi connectivity index (χ1v) is 26.5. The Morgan fingerprint density at radius 2 is 1.47 bits per heavy atom. The predicted molar refractivity (Wildman–Crippen MR) is 235 cm³/mol. The molecule has 3 aromatic rings. The van der Waals surface area contributed by atoms with Crippen LogP contribution < -0.4 is 13.6 Å². The van der Waals surface area contributed by atoms with Crippen LogP contribution in [0.5, 0.6) is 17.2 Å². The summed E-state index contributed by atoms with van der Waals surface area (Å²) in [6.45, 7) is 23.9. The number of aliphatic hydroxyl groups excluding tert-OH is 3. The molecule has 0 amide bonds. The van der Waals surface area contributed by atoms with Crippen LogP contribution in [0.1, 0.15) is 119 Å². The molecule has 0 radical (unpaired) electrons. The number of aryl methyl sites for hydroxylation is 1. The fourth-order valence-corrected chi connectivity index (χ4v) is 16.0. The lowest BCUT2D eigenvalue weighted by molar-refractivity contribution is -0.239. The maximum absolute atomic E-state index is 15.6. The van der Waals surface area contributed by atoms with E-state index in [0.717, 1.165) is 11.3 Å². The van der Waals surface area contributed by atoms with Crippen LogP contribution in [0.25, 0.3) is 10.8 Å². The number of aliphatic hydroxyl groups is 3. The van der Waals surface area contributed by atoms with Gasteiger partial charge in [-0.15, -0.1) is 0 Å². The normalized spacial score (nSPS) is 27.8. The molecule has 338 valence electrons. The molecule has 4 aliphatic heterocycles. The summed E-state index contributed by atoms with van der Waals surface area (Å²) in [4.78, 5) is 29.9. The van der Waals surface area contributed by atoms with Gasteiger partial charge in [0, 0.05) is 27.6 Å². The molecule has 4 unspecified atom stereocenters. The van der Waals surface area contributed by atoms with Gasteiger partial charge in [-0.25, -0.2) is 0 Å². The quantitative estimate of drug-likeness (QED) is 0.126. The summed E-state index contributed by atoms with van der Waals surface area (Å²) in [6, 6.07) is 9.56. The number of methoxy groups -OCH3 is 1. The molecule has 3 N–H and O–H groups in total. The molecular weight excluding hydrogens is 829 g/mol. The number of hydrogen-bond donors (Lipinski definition) is 3. The Kier molecular flexibility index (Phi) is 10.9. The average molecular weight is 893 g/mol. The van der Waals surface area contributed by atoms with E-state index in [-0.39, 0.29) is 36.2 Å². The van der Waals surface area contributed by atoms with Gasteiger partial charge in [0.25, 0.3) is 0 Å². The second kappa shape index (κ2) is 14.9. The average Bonchev–Trinajstić information content (AvgIpc) is 3.86. The monoisotopic (exact) mass is 892 g/mol. The van der Waals surface area contributed by atoms with E-state index in [0.29, 0.717) is 50.1 Å². The topological polar surface area (TPSA) is 172 Å². The van der Waals surface area contributed by atoms with Crippen LogP contribution in [0.2, 0.25) is 28.2 Å². The minimum atomic E-state index is -3.63. The van der Waals surface area contributed by atoms with E-state index in [1.165, 1.54) is 0 Å². The van der Waals surface area contributed by atoms with E-state index >= 15 is 4.79 Å². The van der Waals surface area contributed by atoms with Gasteiger partial charge in [-0.2, -0.15) is 0 Å². The molecule has 0 saturated carbocycles. The summed E-state index contributed by atoms with van der Waals surface area (Å²) in [5, 5.41) is 32.1. The molecule has 4 heterocycles. The van der Waals surface area contributed by atoms with Crippen LogP contribution in [0, 0.1) is 12.8 Å². The first-order valence-electron chi connectivity index (χ1n) is 21.7. The van der Waals surface area contributed by atoms with Gasteiger partial charge in [0.15, 0.2) is 20.2 Å². The Morgan fingerprint density at radius 3 is 2.00 bits per heavy atom. The maximum Gasteiger partial charge on any atom is 0.471 e. The summed E-state index contributed by atoms with van der Waals surface area (Å²) >= 11 is 0. The number of fused-ring (bicyclic) bond motifs is 5. The van der Waals surface area contributed by atoms with Crippen LogP contribution >= 0.6 is 0 Å². The molecule has 62 heavy (non-hydrogen) atoms. The third-order valence-electron chi connectivity index (χ3n) is 14.5. The van der Waals surface area contributed by atoms with Crippen molar-refractivity contribution in [2.24, 2.45) is 5.92 Å². The molecule has 3 saturated heterocycles. The highest BCUT2D eigenvalue weighted by atomic mass is 28.4. The van der Waals surface area contributed by atoms with Crippen LogP contribution in [0.4, 0.5) is 0 Å². The van der Waals surface area contributed by atoms with Crippen molar-refractivity contribution in [1.29, 1.82) is 0 Å². The number of carbonyl (C=O) groups is 2. The molecule has 3 aromatic carbocycles. The van der Waals surface area contributed by atoms with Crippen molar-refractivity contribution < 1.29 is 61.9 Å². The molecule has 0 aromatic heterocycles. The molecule has 5 aliphatic rings. The van der Waals surface area contributed by atoms with E-state index in [1.54, 1.807) is 7.11 Å². The van der Waals surface area contributed by atoms with E-state index in [9.17, 15) is 20.1 Å². The summed E-state index contributed by atoms with van der Waals surface area (Å²) in [5.74, 6) is -1.84. The number of hydrogen-bond acceptors (Lipinski definition) is 13. The van der Waals surface area contributed by atoms with Crippen molar-refractivity contribution in [3.8, 4) is 17.2 Å². The Bertz CT molecular complexity index is 2280. The molecule has 15 heteroatoms. The van der Waals surface area contributed by atoms with E-state index in [4.69, 9.17) is 37.0 Å². The van der Waals surface area contributed by atoms with Crippen molar-refractivity contribution in [2.75, 3.05) is 26.9 Å². The van der Waals surface area contributed by atoms with Gasteiger partial charge in [-0.1, -0.05) is 80.5 Å². The maximum atomic E-state index is 15.6. The third-order valence-corrected chi connectivity index (χ3v) is 23.9. The fraction of sp³-hybridized carbons (Fsp3) is 0.617. The first-order chi connectivity index (χ1) is 28.9. The van der Waals surface area contributed by atoms with Crippen molar-refractivity contribution >= 4 is 39.2 Å². The molecule has 8 rings (SSSR count). The highest BCUT2D eigenvalue weighted by molar-refractivity contribution is 6.75. The SMILES string of the molecule is COc1ccc(CO[C@H]2CC(O[Si](C)(C)C(C)(C)C)C(=O)c3c2c(CO)c2cc(C)c(C4OC5(C(CO)CO)OC4C(=O)[C@@]54CO4)c4c2c3O[Si](C(C)(C)C)(C(C)(C)C)O4)cc1. The van der Waals surface area contributed by atoms with Gasteiger partial charge >= 0.3 is 8.56 Å². The molecule has 3 fully saturated rings. The van der Waals surface area contributed by atoms with Crippen molar-refractivity contribution in [2.45, 2.75) is 153 Å². The number of rotatable bonds is 11. The summed E-state index contributed by atoms with van der Waals surface area (Å²) in [5.41, 5.74) is 2.05. The summed E-state index contributed by atoms with van der Waals surface area (Å²) < 4.78 is 53.4. The Hall–Kier alpha value is -3.23. The number of Topliss-reactive ketones (excluding diaryl/α,β-unsaturated/α-hetero) is 2. The first kappa shape index (κ1) is 45.3. The van der Waals surface area contributed by atoms with Crippen LogP contribution in [0.15, 0.2) is 30.3 Å². The van der Waals surface area contributed by atoms with Gasteiger partial charge in [-0.05, 0) is 59.3 Å². The zero-order valence-corrected chi connectivity index (χ0v) is 40.4. The molecule has 13 nitrogen and oxygen atoms in total. The number of carbonyl (C=O) groups excluding carboxylic acids is 2. The minimum absolute atomic E-state index is 0.0433. The molecule has 1 spiro atoms. The van der Waals surface area contributed by atoms with Gasteiger partial charge in [0.2, 0.25) is 17.2 Å². The van der Waals surface area contributed by atoms with Crippen LogP contribution in [0.3, 0.4) is 0 Å². The Labute approximate surface area is 366 Å². The number of ether oxygens (including phenoxy) is 5. The summed E-state index contributed by atoms with van der Waals surface area (Å²) in [7, 11) is -4.56. The zero-order chi connectivity index (χ0) is 45.3. The standard InChI is InChI=1S/C47H64O13Si2/c1-25-18-29-30(22-50)34-31(54-23-26-14-16-28(53-11)17-15-26)19-32(58-61(12,13)43(2,3)4)37(51)36(34)39-35(29)38(59-62(60-39,44(5,6)7)45(8,9)10)33(25)40-41-42(52)46(24-55-46)47(56-40,57-41)27(20-48)21-49/h14-18,27,31-32,40-41,48-50H,19-24H2,1-13H3/t31-,32?,40?,41?,46-,47?/m0/s1. The highest BCUT2D eigenvalue weighted by Crippen LogP contribution is 2.66. The lowest BCUT2D eigenvalue weighted by atomic mass is 9.78. The predicted octanol–water partition coefficient (Wildman–Crippen LogP) is 7.80. The zero-order valence-electron chi connectivity index (χ0n) is 38.4. The number of benzene rings is 3. The highest BCUT2D eigenvalue weighted by Gasteiger charge is 2.83. The van der Waals surface area contributed by atoms with Crippen molar-refractivity contribution in [1.82, 2.24) is 0 Å². The van der Waals surface area contributed by atoms with E-state index in [2.05, 4.69) is 75.4 Å².